The number of nitrogens with zero attached hydrogens (tertiary/aromatic N) is 1. The summed E-state index contributed by atoms with van der Waals surface area (Å²) < 4.78 is 38.9. The largest absolute Gasteiger partial charge is 0.352 e. The Morgan fingerprint density at radius 2 is 1.81 bits per heavy atom. The number of carbonyl (C=O) groups is 2. The third-order valence-electron chi connectivity index (χ3n) is 3.92. The van der Waals surface area contributed by atoms with Crippen molar-refractivity contribution in [1.82, 2.24) is 5.32 Å². The zero-order chi connectivity index (χ0) is 20.0. The maximum Gasteiger partial charge on any atom is 0.232 e. The van der Waals surface area contributed by atoms with Crippen molar-refractivity contribution in [3.63, 3.8) is 0 Å². The van der Waals surface area contributed by atoms with Gasteiger partial charge < -0.3 is 5.32 Å². The number of Topliss-reactive ketones (excluding diaryl/α,β-unsaturated/α-hetero) is 1. The number of hydrogen-bond donors (Lipinski definition) is 1. The van der Waals surface area contributed by atoms with E-state index in [0.29, 0.717) is 16.8 Å². The Labute approximate surface area is 158 Å². The highest BCUT2D eigenvalue weighted by Gasteiger charge is 2.19. The number of rotatable bonds is 8. The van der Waals surface area contributed by atoms with Gasteiger partial charge in [0.05, 0.1) is 11.9 Å². The van der Waals surface area contributed by atoms with Gasteiger partial charge in [-0.05, 0) is 25.1 Å². The number of nitrogens with one attached hydrogen (secondary N) is 1. The van der Waals surface area contributed by atoms with Crippen molar-refractivity contribution in [2.75, 3.05) is 17.1 Å². The minimum Gasteiger partial charge on any atom is -0.352 e. The van der Waals surface area contributed by atoms with E-state index in [1.165, 1.54) is 19.1 Å². The Morgan fingerprint density at radius 3 is 2.44 bits per heavy atom. The van der Waals surface area contributed by atoms with E-state index >= 15 is 0 Å². The number of anilines is 1. The zero-order valence-corrected chi connectivity index (χ0v) is 15.9. The van der Waals surface area contributed by atoms with E-state index in [1.807, 2.05) is 0 Å². The van der Waals surface area contributed by atoms with E-state index in [9.17, 15) is 22.4 Å². The van der Waals surface area contributed by atoms with Crippen molar-refractivity contribution in [2.24, 2.45) is 0 Å². The van der Waals surface area contributed by atoms with Crippen LogP contribution in [0.3, 0.4) is 0 Å². The molecule has 0 aliphatic rings. The van der Waals surface area contributed by atoms with Gasteiger partial charge in [-0.15, -0.1) is 0 Å². The monoisotopic (exact) mass is 392 g/mol. The van der Waals surface area contributed by atoms with Gasteiger partial charge in [-0.25, -0.2) is 12.8 Å². The smallest absolute Gasteiger partial charge is 0.232 e. The van der Waals surface area contributed by atoms with E-state index in [1.54, 1.807) is 36.4 Å². The molecule has 0 bridgehead atoms. The van der Waals surface area contributed by atoms with Crippen LogP contribution in [0.1, 0.15) is 29.3 Å². The molecule has 0 radical (unpaired) electrons. The van der Waals surface area contributed by atoms with Crippen LogP contribution in [0.2, 0.25) is 0 Å². The lowest BCUT2D eigenvalue weighted by atomic mass is 10.1. The number of benzene rings is 2. The van der Waals surface area contributed by atoms with Crippen LogP contribution in [-0.4, -0.2) is 32.9 Å². The van der Waals surface area contributed by atoms with Gasteiger partial charge in [0, 0.05) is 30.6 Å². The van der Waals surface area contributed by atoms with Gasteiger partial charge in [0.1, 0.15) is 5.82 Å². The van der Waals surface area contributed by atoms with Crippen LogP contribution < -0.4 is 9.62 Å². The molecule has 144 valence electrons. The predicted molar refractivity (Wildman–Crippen MR) is 102 cm³/mol. The average Bonchev–Trinajstić information content (AvgIpc) is 2.60. The van der Waals surface area contributed by atoms with E-state index < -0.39 is 21.7 Å². The highest BCUT2D eigenvalue weighted by molar-refractivity contribution is 7.92. The molecule has 0 aromatic heterocycles. The highest BCUT2D eigenvalue weighted by atomic mass is 32.2. The second kappa shape index (κ2) is 8.77. The van der Waals surface area contributed by atoms with Crippen LogP contribution in [-0.2, 0) is 21.4 Å². The molecule has 1 N–H and O–H groups in total. The highest BCUT2D eigenvalue weighted by Crippen LogP contribution is 2.20. The molecule has 2 aromatic rings. The standard InChI is InChI=1S/C19H21FN2O4S/c1-14(23)15-7-5-8-17(12-15)22(27(2,25)26)11-10-19(24)21-13-16-6-3-4-9-18(16)20/h3-9,12H,10-11,13H2,1-2H3,(H,21,24). The SMILES string of the molecule is CC(=O)c1cccc(N(CCC(=O)NCc2ccccc2F)S(C)(=O)=O)c1. The molecule has 0 saturated carbocycles. The van der Waals surface area contributed by atoms with Gasteiger partial charge in [0.25, 0.3) is 0 Å². The number of sulfonamides is 1. The van der Waals surface area contributed by atoms with E-state index in [-0.39, 0.29) is 25.3 Å². The summed E-state index contributed by atoms with van der Waals surface area (Å²) in [6.45, 7) is 1.31. The van der Waals surface area contributed by atoms with E-state index in [0.717, 1.165) is 10.6 Å². The molecule has 2 aromatic carbocycles. The Balaban J connectivity index is 2.05. The Bertz CT molecular complexity index is 944. The number of ketones is 1. The summed E-state index contributed by atoms with van der Waals surface area (Å²) in [5.74, 6) is -1.01. The predicted octanol–water partition coefficient (Wildman–Crippen LogP) is 2.50. The van der Waals surface area contributed by atoms with Crippen LogP contribution in [0.5, 0.6) is 0 Å². The third kappa shape index (κ3) is 5.89. The minimum atomic E-state index is -3.65. The summed E-state index contributed by atoms with van der Waals surface area (Å²) in [6.07, 6.45) is 0.927. The average molecular weight is 392 g/mol. The van der Waals surface area contributed by atoms with Crippen molar-refractivity contribution < 1.29 is 22.4 Å². The quantitative estimate of drug-likeness (QED) is 0.700. The first-order chi connectivity index (χ1) is 12.7. The molecular formula is C19H21FN2O4S. The van der Waals surface area contributed by atoms with Gasteiger partial charge in [-0.1, -0.05) is 30.3 Å². The van der Waals surface area contributed by atoms with Crippen molar-refractivity contribution in [3.8, 4) is 0 Å². The van der Waals surface area contributed by atoms with Crippen molar-refractivity contribution >= 4 is 27.4 Å². The summed E-state index contributed by atoms with van der Waals surface area (Å²) in [5, 5.41) is 2.57. The second-order valence-corrected chi connectivity index (χ2v) is 7.97. The zero-order valence-electron chi connectivity index (χ0n) is 15.1. The molecule has 8 heteroatoms. The van der Waals surface area contributed by atoms with Gasteiger partial charge in [0.15, 0.2) is 5.78 Å². The van der Waals surface area contributed by atoms with Gasteiger partial charge in [-0.3, -0.25) is 13.9 Å². The third-order valence-corrected chi connectivity index (χ3v) is 5.11. The van der Waals surface area contributed by atoms with Gasteiger partial charge in [-0.2, -0.15) is 0 Å². The summed E-state index contributed by atoms with van der Waals surface area (Å²) in [4.78, 5) is 23.6. The summed E-state index contributed by atoms with van der Waals surface area (Å²) >= 11 is 0. The van der Waals surface area contributed by atoms with Crippen LogP contribution in [0.4, 0.5) is 10.1 Å². The first-order valence-electron chi connectivity index (χ1n) is 8.27. The lowest BCUT2D eigenvalue weighted by Crippen LogP contribution is -2.34. The molecule has 6 nitrogen and oxygen atoms in total. The number of carbonyl (C=O) groups excluding carboxylic acids is 2. The molecule has 27 heavy (non-hydrogen) atoms. The van der Waals surface area contributed by atoms with Crippen LogP contribution >= 0.6 is 0 Å². The molecule has 0 heterocycles. The second-order valence-electron chi connectivity index (χ2n) is 6.06. The summed E-state index contributed by atoms with van der Waals surface area (Å²) in [5.41, 5.74) is 1.04. The first kappa shape index (κ1) is 20.6. The van der Waals surface area contributed by atoms with Crippen LogP contribution in [0.15, 0.2) is 48.5 Å². The molecule has 0 aliphatic carbocycles. The molecule has 0 fully saturated rings. The van der Waals surface area contributed by atoms with E-state index in [4.69, 9.17) is 0 Å². The van der Waals surface area contributed by atoms with Crippen molar-refractivity contribution in [2.45, 2.75) is 19.9 Å². The summed E-state index contributed by atoms with van der Waals surface area (Å²) in [6, 6.07) is 12.3. The number of hydrogen-bond acceptors (Lipinski definition) is 4. The fourth-order valence-corrected chi connectivity index (χ4v) is 3.41. The Morgan fingerprint density at radius 1 is 1.11 bits per heavy atom. The van der Waals surface area contributed by atoms with Gasteiger partial charge >= 0.3 is 0 Å². The molecule has 1 amide bonds. The van der Waals surface area contributed by atoms with Crippen molar-refractivity contribution in [3.05, 3.63) is 65.5 Å². The van der Waals surface area contributed by atoms with Crippen LogP contribution in [0, 0.1) is 5.82 Å². The van der Waals surface area contributed by atoms with Crippen LogP contribution in [0.25, 0.3) is 0 Å². The molecule has 0 atom stereocenters. The maximum absolute atomic E-state index is 13.6. The van der Waals surface area contributed by atoms with E-state index in [2.05, 4.69) is 5.32 Å². The normalized spacial score (nSPS) is 11.1. The Hall–Kier alpha value is -2.74. The number of amides is 1. The maximum atomic E-state index is 13.6. The number of halogens is 1. The summed E-state index contributed by atoms with van der Waals surface area (Å²) in [7, 11) is -3.65. The molecule has 0 saturated heterocycles. The molecular weight excluding hydrogens is 371 g/mol. The van der Waals surface area contributed by atoms with Gasteiger partial charge in [0.2, 0.25) is 15.9 Å². The molecule has 2 rings (SSSR count). The molecule has 0 unspecified atom stereocenters. The minimum absolute atomic E-state index is 0.0181. The Kier molecular flexibility index (Phi) is 6.68. The first-order valence-corrected chi connectivity index (χ1v) is 10.1. The fourth-order valence-electron chi connectivity index (χ4n) is 2.49. The topological polar surface area (TPSA) is 83.6 Å². The van der Waals surface area contributed by atoms with Crippen molar-refractivity contribution in [1.29, 1.82) is 0 Å². The fraction of sp³-hybridized carbons (Fsp3) is 0.263. The lowest BCUT2D eigenvalue weighted by Gasteiger charge is -2.22. The molecule has 0 spiro atoms. The lowest BCUT2D eigenvalue weighted by molar-refractivity contribution is -0.121. The molecule has 0 aliphatic heterocycles.